The Morgan fingerprint density at radius 1 is 0.925 bits per heavy atom. The van der Waals surface area contributed by atoms with E-state index in [0.29, 0.717) is 11.3 Å². The van der Waals surface area contributed by atoms with Crippen LogP contribution in [-0.2, 0) is 4.79 Å². The van der Waals surface area contributed by atoms with Gasteiger partial charge in [0.1, 0.15) is 11.6 Å². The van der Waals surface area contributed by atoms with E-state index in [1.54, 1.807) is 13.2 Å². The lowest BCUT2D eigenvalue weighted by atomic mass is 9.79. The highest BCUT2D eigenvalue weighted by atomic mass is 16.5. The van der Waals surface area contributed by atoms with Crippen LogP contribution in [0.2, 0.25) is 0 Å². The number of hydrazone groups is 1. The zero-order chi connectivity index (χ0) is 27.9. The van der Waals surface area contributed by atoms with Crippen molar-refractivity contribution in [1.29, 1.82) is 5.26 Å². The smallest absolute Gasteiger partial charge is 0.248 e. The Hall–Kier alpha value is -5.22. The van der Waals surface area contributed by atoms with Crippen molar-refractivity contribution in [3.05, 3.63) is 102 Å². The van der Waals surface area contributed by atoms with Gasteiger partial charge in [0, 0.05) is 34.1 Å². The number of benzene rings is 4. The number of nitrogens with zero attached hydrogens (tertiary/aromatic N) is 4. The summed E-state index contributed by atoms with van der Waals surface area (Å²) in [5.41, 5.74) is 6.65. The fourth-order valence-corrected chi connectivity index (χ4v) is 5.21. The van der Waals surface area contributed by atoms with Gasteiger partial charge in [0.25, 0.3) is 0 Å². The number of H-pyrrole nitrogens is 1. The molecule has 0 spiro atoms. The number of nitrogens with one attached hydrogen (secondary N) is 1. The van der Waals surface area contributed by atoms with Gasteiger partial charge < -0.3 is 9.72 Å². The van der Waals surface area contributed by atoms with Crippen LogP contribution in [0.5, 0.6) is 5.75 Å². The standard InChI is InChI=1S/C33H27N5O2/c1-33(2)19-30(39)38(29-11-7-6-10-26(29)25-9-5-4-8-23(25)20-34)37-31(33)22-14-17-27-28(18-22)36-32(35-27)21-12-15-24(40-3)16-13-21/h4-18H,19H2,1-3H3,(H,35,36). The van der Waals surface area contributed by atoms with E-state index in [0.717, 1.165) is 50.6 Å². The van der Waals surface area contributed by atoms with E-state index < -0.39 is 5.41 Å². The quantitative estimate of drug-likeness (QED) is 0.269. The van der Waals surface area contributed by atoms with E-state index in [-0.39, 0.29) is 12.3 Å². The second-order valence-electron chi connectivity index (χ2n) is 10.4. The fourth-order valence-electron chi connectivity index (χ4n) is 5.21. The molecule has 1 aromatic heterocycles. The van der Waals surface area contributed by atoms with Gasteiger partial charge in [-0.05, 0) is 48.5 Å². The number of ether oxygens (including phenoxy) is 1. The Bertz CT molecular complexity index is 1830. The van der Waals surface area contributed by atoms with Crippen LogP contribution in [0.15, 0.2) is 96.1 Å². The molecule has 40 heavy (non-hydrogen) atoms. The van der Waals surface area contributed by atoms with Gasteiger partial charge in [-0.2, -0.15) is 15.4 Å². The number of carbonyl (C=O) groups is 1. The zero-order valence-corrected chi connectivity index (χ0v) is 22.5. The molecule has 6 rings (SSSR count). The lowest BCUT2D eigenvalue weighted by Crippen LogP contribution is -2.42. The first-order valence-electron chi connectivity index (χ1n) is 13.0. The number of nitriles is 1. The highest BCUT2D eigenvalue weighted by Crippen LogP contribution is 2.39. The maximum absolute atomic E-state index is 13.5. The first-order chi connectivity index (χ1) is 19.4. The highest BCUT2D eigenvalue weighted by Gasteiger charge is 2.38. The number of anilines is 1. The summed E-state index contributed by atoms with van der Waals surface area (Å²) in [7, 11) is 1.64. The van der Waals surface area contributed by atoms with E-state index >= 15 is 0 Å². The average molecular weight is 526 g/mol. The van der Waals surface area contributed by atoms with E-state index in [2.05, 4.69) is 11.1 Å². The van der Waals surface area contributed by atoms with Crippen molar-refractivity contribution in [3.63, 3.8) is 0 Å². The molecule has 0 saturated heterocycles. The molecule has 1 N–H and O–H groups in total. The van der Waals surface area contributed by atoms with Crippen molar-refractivity contribution < 1.29 is 9.53 Å². The highest BCUT2D eigenvalue weighted by molar-refractivity contribution is 6.13. The number of methoxy groups -OCH3 is 1. The van der Waals surface area contributed by atoms with Gasteiger partial charge in [-0.25, -0.2) is 4.98 Å². The molecule has 2 heterocycles. The molecule has 0 unspecified atom stereocenters. The van der Waals surface area contributed by atoms with Crippen LogP contribution in [-0.4, -0.2) is 28.7 Å². The third-order valence-electron chi connectivity index (χ3n) is 7.26. The van der Waals surface area contributed by atoms with Crippen LogP contribution < -0.4 is 9.75 Å². The summed E-state index contributed by atoms with van der Waals surface area (Å²) in [6.07, 6.45) is 0.290. The van der Waals surface area contributed by atoms with Crippen LogP contribution in [0.4, 0.5) is 5.69 Å². The lowest BCUT2D eigenvalue weighted by molar-refractivity contribution is -0.120. The van der Waals surface area contributed by atoms with E-state index in [4.69, 9.17) is 14.8 Å². The van der Waals surface area contributed by atoms with Crippen molar-refractivity contribution in [2.45, 2.75) is 20.3 Å². The molecule has 7 nitrogen and oxygen atoms in total. The molecule has 4 aromatic carbocycles. The minimum atomic E-state index is -0.487. The fraction of sp³-hybridized carbons (Fsp3) is 0.152. The van der Waals surface area contributed by atoms with Crippen molar-refractivity contribution >= 4 is 28.3 Å². The van der Waals surface area contributed by atoms with Crippen LogP contribution in [0, 0.1) is 16.7 Å². The van der Waals surface area contributed by atoms with Crippen molar-refractivity contribution in [2.75, 3.05) is 12.1 Å². The van der Waals surface area contributed by atoms with E-state index in [1.165, 1.54) is 5.01 Å². The number of hydrogen-bond acceptors (Lipinski definition) is 5. The van der Waals surface area contributed by atoms with Crippen molar-refractivity contribution in [2.24, 2.45) is 10.5 Å². The van der Waals surface area contributed by atoms with Gasteiger partial charge in [-0.3, -0.25) is 4.79 Å². The SMILES string of the molecule is COc1ccc(-c2nc3ccc(C4=NN(c5ccccc5-c5ccccc5C#N)C(=O)CC4(C)C)cc3[nH]2)cc1. The normalized spacial score (nSPS) is 14.6. The monoisotopic (exact) mass is 525 g/mol. The molecule has 0 fully saturated rings. The Morgan fingerprint density at radius 3 is 2.38 bits per heavy atom. The lowest BCUT2D eigenvalue weighted by Gasteiger charge is -2.35. The third-order valence-corrected chi connectivity index (χ3v) is 7.26. The predicted octanol–water partition coefficient (Wildman–Crippen LogP) is 6.94. The minimum Gasteiger partial charge on any atom is -0.497 e. The summed E-state index contributed by atoms with van der Waals surface area (Å²) in [4.78, 5) is 21.7. The molecule has 1 aliphatic rings. The molecule has 5 aromatic rings. The summed E-state index contributed by atoms with van der Waals surface area (Å²) in [6.45, 7) is 4.08. The molecule has 1 aliphatic heterocycles. The van der Waals surface area contributed by atoms with Crippen molar-refractivity contribution in [1.82, 2.24) is 9.97 Å². The predicted molar refractivity (Wildman–Crippen MR) is 157 cm³/mol. The molecule has 0 saturated carbocycles. The number of fused-ring (bicyclic) bond motifs is 1. The zero-order valence-electron chi connectivity index (χ0n) is 22.5. The number of carbonyl (C=O) groups excluding carboxylic acids is 1. The van der Waals surface area contributed by atoms with Crippen LogP contribution in [0.3, 0.4) is 0 Å². The molecular weight excluding hydrogens is 498 g/mol. The summed E-state index contributed by atoms with van der Waals surface area (Å²) < 4.78 is 5.27. The molecule has 0 atom stereocenters. The third kappa shape index (κ3) is 4.40. The Morgan fingerprint density at radius 2 is 1.62 bits per heavy atom. The maximum Gasteiger partial charge on any atom is 0.248 e. The average Bonchev–Trinajstić information content (AvgIpc) is 3.40. The number of aromatic amines is 1. The summed E-state index contributed by atoms with van der Waals surface area (Å²) >= 11 is 0. The molecule has 0 aliphatic carbocycles. The van der Waals surface area contributed by atoms with Gasteiger partial charge in [-0.15, -0.1) is 0 Å². The van der Waals surface area contributed by atoms with E-state index in [9.17, 15) is 10.1 Å². The summed E-state index contributed by atoms with van der Waals surface area (Å²) in [5, 5.41) is 16.2. The molecule has 1 amide bonds. The van der Waals surface area contributed by atoms with E-state index in [1.807, 2.05) is 98.8 Å². The number of hydrogen-bond donors (Lipinski definition) is 1. The second kappa shape index (κ2) is 9.83. The van der Waals surface area contributed by atoms with Crippen LogP contribution in [0.25, 0.3) is 33.5 Å². The molecular formula is C33H27N5O2. The topological polar surface area (TPSA) is 94.4 Å². The van der Waals surface area contributed by atoms with Gasteiger partial charge in [-0.1, -0.05) is 56.3 Å². The van der Waals surface area contributed by atoms with Gasteiger partial charge in [0.05, 0.1) is 41.2 Å². The first kappa shape index (κ1) is 25.1. The largest absolute Gasteiger partial charge is 0.497 e. The van der Waals surface area contributed by atoms with Crippen LogP contribution >= 0.6 is 0 Å². The van der Waals surface area contributed by atoms with Gasteiger partial charge in [0.2, 0.25) is 5.91 Å². The molecule has 0 bridgehead atoms. The molecule has 7 heteroatoms. The number of imidazole rings is 1. The maximum atomic E-state index is 13.5. The minimum absolute atomic E-state index is 0.0972. The number of amides is 1. The van der Waals surface area contributed by atoms with Crippen molar-refractivity contribution in [3.8, 4) is 34.3 Å². The Balaban J connectivity index is 1.43. The molecule has 0 radical (unpaired) electrons. The molecule has 196 valence electrons. The number of aromatic nitrogens is 2. The summed E-state index contributed by atoms with van der Waals surface area (Å²) in [6, 6.07) is 31.0. The number of rotatable bonds is 5. The second-order valence-corrected chi connectivity index (χ2v) is 10.4. The summed E-state index contributed by atoms with van der Waals surface area (Å²) in [5.74, 6) is 1.46. The Kier molecular flexibility index (Phi) is 6.16. The van der Waals surface area contributed by atoms with Gasteiger partial charge >= 0.3 is 0 Å². The van der Waals surface area contributed by atoms with Gasteiger partial charge in [0.15, 0.2) is 0 Å². The number of para-hydroxylation sites is 1. The van der Waals surface area contributed by atoms with Crippen LogP contribution in [0.1, 0.15) is 31.4 Å². The Labute approximate surface area is 232 Å². The first-order valence-corrected chi connectivity index (χ1v) is 13.0.